The zero-order valence-electron chi connectivity index (χ0n) is 7.28. The highest BCUT2D eigenvalue weighted by Gasteiger charge is 2.25. The standard InChI is InChI=1S/C9H17Si/c1-10(2,3)9-7-5-4-6-8-9/h5,9H,6-8H2,1-3H3. The van der Waals surface area contributed by atoms with E-state index in [9.17, 15) is 0 Å². The molecule has 0 heterocycles. The lowest BCUT2D eigenvalue weighted by Gasteiger charge is -2.29. The minimum atomic E-state index is -0.828. The Hall–Kier alpha value is -0.0431. The van der Waals surface area contributed by atoms with Gasteiger partial charge in [0.25, 0.3) is 0 Å². The van der Waals surface area contributed by atoms with Crippen molar-refractivity contribution in [3.05, 3.63) is 12.2 Å². The molecule has 0 bridgehead atoms. The second-order valence-corrected chi connectivity index (χ2v) is 9.79. The third-order valence-corrected chi connectivity index (χ3v) is 5.38. The summed E-state index contributed by atoms with van der Waals surface area (Å²) in [5, 5.41) is 0. The minimum Gasteiger partial charge on any atom is -0.0811 e. The van der Waals surface area contributed by atoms with E-state index in [1.165, 1.54) is 19.3 Å². The lowest BCUT2D eigenvalue weighted by atomic mass is 10.1. The van der Waals surface area contributed by atoms with Gasteiger partial charge in [-0.25, -0.2) is 0 Å². The quantitative estimate of drug-likeness (QED) is 0.507. The molecule has 0 nitrogen and oxygen atoms in total. The van der Waals surface area contributed by atoms with Crippen LogP contribution in [0.4, 0.5) is 0 Å². The summed E-state index contributed by atoms with van der Waals surface area (Å²) in [4.78, 5) is 0. The molecule has 0 aromatic heterocycles. The van der Waals surface area contributed by atoms with Gasteiger partial charge in [0.15, 0.2) is 0 Å². The second kappa shape index (κ2) is 2.91. The van der Waals surface area contributed by atoms with E-state index in [0.717, 1.165) is 5.54 Å². The second-order valence-electron chi connectivity index (χ2n) is 4.25. The third-order valence-electron chi connectivity index (χ3n) is 2.41. The Morgan fingerprint density at radius 1 is 1.40 bits per heavy atom. The molecule has 1 radical (unpaired) electrons. The van der Waals surface area contributed by atoms with Crippen LogP contribution < -0.4 is 0 Å². The maximum atomic E-state index is 3.28. The zero-order valence-corrected chi connectivity index (χ0v) is 8.28. The molecular formula is C9H17Si. The molecule has 0 saturated carbocycles. The van der Waals surface area contributed by atoms with Crippen molar-refractivity contribution in [3.8, 4) is 0 Å². The third kappa shape index (κ3) is 1.98. The van der Waals surface area contributed by atoms with E-state index in [-0.39, 0.29) is 0 Å². The van der Waals surface area contributed by atoms with Crippen LogP contribution in [0.1, 0.15) is 19.3 Å². The Bertz CT molecular complexity index is 130. The minimum absolute atomic E-state index is 0.828. The monoisotopic (exact) mass is 153 g/mol. The van der Waals surface area contributed by atoms with Crippen molar-refractivity contribution in [2.75, 3.05) is 0 Å². The summed E-state index contributed by atoms with van der Waals surface area (Å²) >= 11 is 0. The molecule has 1 aliphatic rings. The molecule has 1 unspecified atom stereocenters. The predicted octanol–water partition coefficient (Wildman–Crippen LogP) is 3.24. The lowest BCUT2D eigenvalue weighted by molar-refractivity contribution is 0.692. The van der Waals surface area contributed by atoms with Gasteiger partial charge >= 0.3 is 0 Å². The van der Waals surface area contributed by atoms with Crippen molar-refractivity contribution < 1.29 is 0 Å². The maximum Gasteiger partial charge on any atom is 0.0476 e. The van der Waals surface area contributed by atoms with E-state index in [2.05, 4.69) is 31.8 Å². The van der Waals surface area contributed by atoms with Crippen LogP contribution in [0, 0.1) is 6.08 Å². The number of allylic oxidation sites excluding steroid dienone is 2. The van der Waals surface area contributed by atoms with Crippen molar-refractivity contribution in [2.24, 2.45) is 0 Å². The Morgan fingerprint density at radius 3 is 2.40 bits per heavy atom. The lowest BCUT2D eigenvalue weighted by Crippen LogP contribution is -2.28. The van der Waals surface area contributed by atoms with Crippen LogP contribution in [0.3, 0.4) is 0 Å². The van der Waals surface area contributed by atoms with Gasteiger partial charge in [0.1, 0.15) is 0 Å². The molecule has 0 aromatic rings. The molecule has 1 atom stereocenters. The van der Waals surface area contributed by atoms with Gasteiger partial charge in [-0.15, -0.1) is 0 Å². The van der Waals surface area contributed by atoms with Crippen molar-refractivity contribution in [1.29, 1.82) is 0 Å². The predicted molar refractivity (Wildman–Crippen MR) is 48.8 cm³/mol. The smallest absolute Gasteiger partial charge is 0.0476 e. The van der Waals surface area contributed by atoms with Gasteiger partial charge in [-0.2, -0.15) is 0 Å². The SMILES string of the molecule is C[Si](C)(C)C1CC=[C]CC1. The highest BCUT2D eigenvalue weighted by atomic mass is 28.3. The molecule has 10 heavy (non-hydrogen) atoms. The largest absolute Gasteiger partial charge is 0.0811 e. The fourth-order valence-electron chi connectivity index (χ4n) is 1.49. The summed E-state index contributed by atoms with van der Waals surface area (Å²) in [7, 11) is -0.828. The highest BCUT2D eigenvalue weighted by Crippen LogP contribution is 2.33. The normalized spacial score (nSPS) is 26.9. The fourth-order valence-corrected chi connectivity index (χ4v) is 3.32. The molecule has 0 amide bonds. The number of hydrogen-bond donors (Lipinski definition) is 0. The Balaban J connectivity index is 2.49. The fraction of sp³-hybridized carbons (Fsp3) is 0.778. The van der Waals surface area contributed by atoms with E-state index in [0.29, 0.717) is 0 Å². The van der Waals surface area contributed by atoms with Crippen LogP contribution >= 0.6 is 0 Å². The summed E-state index contributed by atoms with van der Waals surface area (Å²) < 4.78 is 0. The summed E-state index contributed by atoms with van der Waals surface area (Å²) in [6.07, 6.45) is 9.43. The first-order valence-electron chi connectivity index (χ1n) is 4.16. The highest BCUT2D eigenvalue weighted by molar-refractivity contribution is 6.77. The van der Waals surface area contributed by atoms with Gasteiger partial charge in [0.2, 0.25) is 0 Å². The molecule has 0 fully saturated rings. The van der Waals surface area contributed by atoms with Crippen LogP contribution in [0.5, 0.6) is 0 Å². The first-order chi connectivity index (χ1) is 4.61. The van der Waals surface area contributed by atoms with E-state index < -0.39 is 8.07 Å². The Kier molecular flexibility index (Phi) is 2.35. The van der Waals surface area contributed by atoms with Crippen LogP contribution in [0.2, 0.25) is 25.2 Å². The van der Waals surface area contributed by atoms with E-state index in [1.54, 1.807) is 0 Å². The summed E-state index contributed by atoms with van der Waals surface area (Å²) in [5.74, 6) is 0. The average molecular weight is 153 g/mol. The maximum absolute atomic E-state index is 3.28. The topological polar surface area (TPSA) is 0 Å². The Labute approximate surface area is 65.3 Å². The Morgan fingerprint density at radius 2 is 2.10 bits per heavy atom. The van der Waals surface area contributed by atoms with Crippen LogP contribution in [-0.2, 0) is 0 Å². The van der Waals surface area contributed by atoms with Crippen molar-refractivity contribution in [2.45, 2.75) is 44.4 Å². The van der Waals surface area contributed by atoms with Gasteiger partial charge in [-0.05, 0) is 30.9 Å². The van der Waals surface area contributed by atoms with Gasteiger partial charge in [-0.1, -0.05) is 25.7 Å². The molecule has 0 saturated heterocycles. The van der Waals surface area contributed by atoms with E-state index >= 15 is 0 Å². The van der Waals surface area contributed by atoms with Crippen LogP contribution in [0.25, 0.3) is 0 Å². The van der Waals surface area contributed by atoms with Gasteiger partial charge in [0, 0.05) is 8.07 Å². The van der Waals surface area contributed by atoms with E-state index in [4.69, 9.17) is 0 Å². The molecule has 0 spiro atoms. The van der Waals surface area contributed by atoms with Crippen molar-refractivity contribution >= 4 is 8.07 Å². The van der Waals surface area contributed by atoms with Crippen molar-refractivity contribution in [3.63, 3.8) is 0 Å². The zero-order chi connectivity index (χ0) is 7.61. The summed E-state index contributed by atoms with van der Waals surface area (Å²) in [6, 6.07) is 0. The first-order valence-corrected chi connectivity index (χ1v) is 7.73. The van der Waals surface area contributed by atoms with E-state index in [1.807, 2.05) is 0 Å². The molecule has 57 valence electrons. The van der Waals surface area contributed by atoms with Crippen LogP contribution in [-0.4, -0.2) is 8.07 Å². The molecular weight excluding hydrogens is 136 g/mol. The summed E-state index contributed by atoms with van der Waals surface area (Å²) in [6.45, 7) is 7.41. The van der Waals surface area contributed by atoms with Gasteiger partial charge in [-0.3, -0.25) is 0 Å². The van der Waals surface area contributed by atoms with Gasteiger partial charge < -0.3 is 0 Å². The molecule has 0 N–H and O–H groups in total. The molecule has 1 heteroatoms. The average Bonchev–Trinajstić information content (AvgIpc) is 1.88. The number of hydrogen-bond acceptors (Lipinski definition) is 0. The number of rotatable bonds is 1. The first kappa shape index (κ1) is 8.06. The summed E-state index contributed by atoms with van der Waals surface area (Å²) in [5.41, 5.74) is 1.02. The molecule has 0 aliphatic heterocycles. The molecule has 0 aromatic carbocycles. The molecule has 1 rings (SSSR count). The molecule has 1 aliphatic carbocycles. The van der Waals surface area contributed by atoms with Crippen LogP contribution in [0.15, 0.2) is 6.08 Å². The van der Waals surface area contributed by atoms with Crippen molar-refractivity contribution in [1.82, 2.24) is 0 Å². The van der Waals surface area contributed by atoms with Gasteiger partial charge in [0.05, 0.1) is 0 Å².